The van der Waals surface area contributed by atoms with Gasteiger partial charge in [0, 0.05) is 18.7 Å². The number of nitrogens with one attached hydrogen (secondary N) is 1. The summed E-state index contributed by atoms with van der Waals surface area (Å²) in [5.74, 6) is 0.404. The molecule has 0 atom stereocenters. The van der Waals surface area contributed by atoms with Gasteiger partial charge in [0.05, 0.1) is 30.2 Å². The van der Waals surface area contributed by atoms with Crippen molar-refractivity contribution in [3.63, 3.8) is 0 Å². The molecule has 2 aromatic rings. The second kappa shape index (κ2) is 9.05. The molecule has 0 radical (unpaired) electrons. The van der Waals surface area contributed by atoms with Gasteiger partial charge in [0.25, 0.3) is 0 Å². The van der Waals surface area contributed by atoms with Crippen LogP contribution in [0.25, 0.3) is 0 Å². The summed E-state index contributed by atoms with van der Waals surface area (Å²) >= 11 is 0. The van der Waals surface area contributed by atoms with E-state index in [4.69, 9.17) is 10.00 Å². The summed E-state index contributed by atoms with van der Waals surface area (Å²) in [4.78, 5) is 12.2. The Labute approximate surface area is 159 Å². The molecule has 0 aliphatic carbocycles. The Kier molecular flexibility index (Phi) is 6.79. The molecule has 0 spiro atoms. The first-order valence-corrected chi connectivity index (χ1v) is 10.2. The number of carbonyl (C=O) groups is 1. The van der Waals surface area contributed by atoms with Gasteiger partial charge in [-0.05, 0) is 55.5 Å². The van der Waals surface area contributed by atoms with Crippen molar-refractivity contribution in [1.82, 2.24) is 0 Å². The Bertz CT molecular complexity index is 917. The largest absolute Gasteiger partial charge is 0.494 e. The fourth-order valence-corrected chi connectivity index (χ4v) is 3.34. The zero-order valence-corrected chi connectivity index (χ0v) is 16.0. The van der Waals surface area contributed by atoms with Gasteiger partial charge in [-0.3, -0.25) is 9.10 Å². The minimum Gasteiger partial charge on any atom is -0.494 e. The summed E-state index contributed by atoms with van der Waals surface area (Å²) in [6.07, 6.45) is 1.07. The summed E-state index contributed by atoms with van der Waals surface area (Å²) in [5.41, 5.74) is 1.44. The van der Waals surface area contributed by atoms with E-state index < -0.39 is 10.0 Å². The summed E-state index contributed by atoms with van der Waals surface area (Å²) in [6.45, 7) is 2.44. The number of rotatable bonds is 8. The normalized spacial score (nSPS) is 10.7. The monoisotopic (exact) mass is 387 g/mol. The molecule has 8 heteroatoms. The van der Waals surface area contributed by atoms with Gasteiger partial charge in [-0.15, -0.1) is 0 Å². The maximum Gasteiger partial charge on any atom is 0.232 e. The lowest BCUT2D eigenvalue weighted by molar-refractivity contribution is -0.116. The first kappa shape index (κ1) is 20.3. The van der Waals surface area contributed by atoms with Gasteiger partial charge in [0.2, 0.25) is 15.9 Å². The van der Waals surface area contributed by atoms with Gasteiger partial charge in [-0.1, -0.05) is 0 Å². The molecule has 7 nitrogen and oxygen atoms in total. The first-order chi connectivity index (χ1) is 12.8. The third-order valence-corrected chi connectivity index (χ3v) is 4.87. The third-order valence-electron chi connectivity index (χ3n) is 3.68. The predicted molar refractivity (Wildman–Crippen MR) is 104 cm³/mol. The van der Waals surface area contributed by atoms with E-state index in [9.17, 15) is 13.2 Å². The quantitative estimate of drug-likeness (QED) is 0.751. The Morgan fingerprint density at radius 1 is 1.15 bits per heavy atom. The van der Waals surface area contributed by atoms with E-state index in [2.05, 4.69) is 5.32 Å². The van der Waals surface area contributed by atoms with Crippen LogP contribution in [-0.4, -0.2) is 33.7 Å². The highest BCUT2D eigenvalue weighted by Crippen LogP contribution is 2.19. The second-order valence-electron chi connectivity index (χ2n) is 5.75. The maximum absolute atomic E-state index is 12.2. The third kappa shape index (κ3) is 6.01. The summed E-state index contributed by atoms with van der Waals surface area (Å²) in [6, 6.07) is 15.1. The van der Waals surface area contributed by atoms with Crippen molar-refractivity contribution in [2.75, 3.05) is 29.0 Å². The number of amides is 1. The predicted octanol–water partition coefficient (Wildman–Crippen LogP) is 2.75. The van der Waals surface area contributed by atoms with E-state index in [1.165, 1.54) is 12.1 Å². The molecular formula is C19H21N3O4S. The number of nitriles is 1. The van der Waals surface area contributed by atoms with Crippen molar-refractivity contribution in [1.29, 1.82) is 5.26 Å². The lowest BCUT2D eigenvalue weighted by atomic mass is 10.2. The molecule has 0 unspecified atom stereocenters. The molecule has 0 saturated heterocycles. The second-order valence-corrected chi connectivity index (χ2v) is 7.66. The van der Waals surface area contributed by atoms with Crippen LogP contribution in [0.3, 0.4) is 0 Å². The average molecular weight is 387 g/mol. The summed E-state index contributed by atoms with van der Waals surface area (Å²) in [5, 5.41) is 11.6. The van der Waals surface area contributed by atoms with Crippen molar-refractivity contribution in [2.45, 2.75) is 13.3 Å². The number of nitrogens with zero attached hydrogens (tertiary/aromatic N) is 2. The molecule has 1 N–H and O–H groups in total. The molecule has 0 heterocycles. The molecule has 2 aromatic carbocycles. The van der Waals surface area contributed by atoms with Gasteiger partial charge >= 0.3 is 0 Å². The minimum absolute atomic E-state index is 0.00635. The molecule has 1 amide bonds. The van der Waals surface area contributed by atoms with E-state index in [-0.39, 0.29) is 18.9 Å². The zero-order valence-electron chi connectivity index (χ0n) is 15.2. The number of carbonyl (C=O) groups excluding carboxylic acids is 1. The van der Waals surface area contributed by atoms with Crippen molar-refractivity contribution in [3.05, 3.63) is 54.1 Å². The van der Waals surface area contributed by atoms with Gasteiger partial charge < -0.3 is 10.1 Å². The number of hydrogen-bond donors (Lipinski definition) is 1. The molecule has 0 bridgehead atoms. The van der Waals surface area contributed by atoms with Gasteiger partial charge in [-0.25, -0.2) is 8.42 Å². The van der Waals surface area contributed by atoms with E-state index in [1.807, 2.05) is 13.0 Å². The molecule has 0 fully saturated rings. The standard InChI is InChI=1S/C19H21N3O4S/c1-3-26-18-10-6-16(7-11-18)21-19(23)12-13-22(27(2,24)25)17-8-4-15(14-20)5-9-17/h4-11H,3,12-13H2,1-2H3,(H,21,23). The van der Waals surface area contributed by atoms with Crippen LogP contribution in [0, 0.1) is 11.3 Å². The van der Waals surface area contributed by atoms with Gasteiger partial charge in [-0.2, -0.15) is 5.26 Å². The molecule has 0 aromatic heterocycles. The van der Waals surface area contributed by atoms with Crippen molar-refractivity contribution >= 4 is 27.3 Å². The number of ether oxygens (including phenoxy) is 1. The molecule has 142 valence electrons. The lowest BCUT2D eigenvalue weighted by Gasteiger charge is -2.22. The maximum atomic E-state index is 12.2. The van der Waals surface area contributed by atoms with Crippen LogP contribution < -0.4 is 14.4 Å². The number of sulfonamides is 1. The number of hydrogen-bond acceptors (Lipinski definition) is 5. The van der Waals surface area contributed by atoms with Crippen LogP contribution in [0.15, 0.2) is 48.5 Å². The van der Waals surface area contributed by atoms with E-state index in [0.717, 1.165) is 10.6 Å². The molecule has 0 aliphatic rings. The molecule has 2 rings (SSSR count). The average Bonchev–Trinajstić information content (AvgIpc) is 2.63. The molecule has 27 heavy (non-hydrogen) atoms. The lowest BCUT2D eigenvalue weighted by Crippen LogP contribution is -2.33. The van der Waals surface area contributed by atoms with Crippen LogP contribution in [0.5, 0.6) is 5.75 Å². The van der Waals surface area contributed by atoms with Crippen LogP contribution in [0.4, 0.5) is 11.4 Å². The van der Waals surface area contributed by atoms with Crippen molar-refractivity contribution in [2.24, 2.45) is 0 Å². The SMILES string of the molecule is CCOc1ccc(NC(=O)CCN(c2ccc(C#N)cc2)S(C)(=O)=O)cc1. The summed E-state index contributed by atoms with van der Waals surface area (Å²) < 4.78 is 30.6. The van der Waals surface area contributed by atoms with Crippen LogP contribution >= 0.6 is 0 Å². The smallest absolute Gasteiger partial charge is 0.232 e. The Morgan fingerprint density at radius 2 is 1.78 bits per heavy atom. The Balaban J connectivity index is 2.01. The number of benzene rings is 2. The molecule has 0 saturated carbocycles. The zero-order chi connectivity index (χ0) is 19.9. The highest BCUT2D eigenvalue weighted by atomic mass is 32.2. The highest BCUT2D eigenvalue weighted by molar-refractivity contribution is 7.92. The van der Waals surface area contributed by atoms with E-state index in [0.29, 0.717) is 29.3 Å². The highest BCUT2D eigenvalue weighted by Gasteiger charge is 2.18. The molecular weight excluding hydrogens is 366 g/mol. The topological polar surface area (TPSA) is 99.5 Å². The number of anilines is 2. The van der Waals surface area contributed by atoms with E-state index in [1.54, 1.807) is 36.4 Å². The Morgan fingerprint density at radius 3 is 2.30 bits per heavy atom. The fraction of sp³-hybridized carbons (Fsp3) is 0.263. The van der Waals surface area contributed by atoms with Crippen LogP contribution in [-0.2, 0) is 14.8 Å². The van der Waals surface area contributed by atoms with Gasteiger partial charge in [0.1, 0.15) is 5.75 Å². The fourth-order valence-electron chi connectivity index (χ4n) is 2.42. The first-order valence-electron chi connectivity index (χ1n) is 8.34. The van der Waals surface area contributed by atoms with E-state index >= 15 is 0 Å². The summed E-state index contributed by atoms with van der Waals surface area (Å²) in [7, 11) is -3.56. The van der Waals surface area contributed by atoms with Gasteiger partial charge in [0.15, 0.2) is 0 Å². The van der Waals surface area contributed by atoms with Crippen molar-refractivity contribution in [3.8, 4) is 11.8 Å². The Hall–Kier alpha value is -3.05. The van der Waals surface area contributed by atoms with Crippen LogP contribution in [0.2, 0.25) is 0 Å². The van der Waals surface area contributed by atoms with Crippen molar-refractivity contribution < 1.29 is 17.9 Å². The molecule has 0 aliphatic heterocycles. The van der Waals surface area contributed by atoms with Crippen LogP contribution in [0.1, 0.15) is 18.9 Å². The minimum atomic E-state index is -3.56.